The third-order valence-corrected chi connectivity index (χ3v) is 6.26. The molecule has 11 heteroatoms. The van der Waals surface area contributed by atoms with Gasteiger partial charge < -0.3 is 30.1 Å². The van der Waals surface area contributed by atoms with Gasteiger partial charge in [0.05, 0.1) is 6.61 Å². The first-order valence-corrected chi connectivity index (χ1v) is 10.2. The largest absolute Gasteiger partial charge is 0.394 e. The number of ether oxygens (including phenoxy) is 1. The van der Waals surface area contributed by atoms with Gasteiger partial charge in [-0.05, 0) is 17.7 Å². The number of hydrogen-bond donors (Lipinski definition) is 4. The second kappa shape index (κ2) is 9.27. The lowest BCUT2D eigenvalue weighted by Crippen LogP contribution is -2.57. The number of aromatic nitrogens is 2. The molecular weight excluding hydrogens is 404 g/mol. The molecule has 0 amide bonds. The van der Waals surface area contributed by atoms with E-state index in [0.29, 0.717) is 9.47 Å². The number of hydrogen-bond acceptors (Lipinski definition) is 11. The predicted octanol–water partition coefficient (Wildman–Crippen LogP) is 0.247. The number of thioether (sulfide) groups is 1. The van der Waals surface area contributed by atoms with Crippen LogP contribution in [0.4, 0.5) is 10.8 Å². The molecule has 1 saturated heterocycles. The zero-order valence-electron chi connectivity index (χ0n) is 15.3. The van der Waals surface area contributed by atoms with E-state index in [-0.39, 0.29) is 0 Å². The third kappa shape index (κ3) is 4.87. The molecule has 28 heavy (non-hydrogen) atoms. The van der Waals surface area contributed by atoms with E-state index in [2.05, 4.69) is 15.2 Å². The van der Waals surface area contributed by atoms with Gasteiger partial charge in [-0.15, -0.1) is 10.2 Å². The molecule has 1 aromatic heterocycles. The molecule has 4 N–H and O–H groups in total. The monoisotopic (exact) mass is 426 g/mol. The summed E-state index contributed by atoms with van der Waals surface area (Å²) in [6.07, 6.45) is -3.40. The molecule has 152 valence electrons. The first-order chi connectivity index (χ1) is 13.4. The normalized spacial score (nSPS) is 28.0. The minimum absolute atomic E-state index is 0.434. The van der Waals surface area contributed by atoms with Crippen LogP contribution in [0.1, 0.15) is 5.56 Å². The van der Waals surface area contributed by atoms with E-state index >= 15 is 0 Å². The lowest BCUT2D eigenvalue weighted by Gasteiger charge is -2.39. The number of rotatable bonds is 6. The molecule has 0 unspecified atom stereocenters. The van der Waals surface area contributed by atoms with E-state index in [4.69, 9.17) is 4.74 Å². The Hall–Kier alpha value is -1.60. The molecule has 1 aliphatic heterocycles. The van der Waals surface area contributed by atoms with Crippen LogP contribution in [0.5, 0.6) is 0 Å². The van der Waals surface area contributed by atoms with Crippen molar-refractivity contribution < 1.29 is 25.2 Å². The summed E-state index contributed by atoms with van der Waals surface area (Å²) in [5.41, 5.74) is 1.12. The Balaban J connectivity index is 1.63. The third-order valence-electron chi connectivity index (χ3n) is 4.19. The van der Waals surface area contributed by atoms with Crippen molar-refractivity contribution in [2.45, 2.75) is 34.2 Å². The van der Waals surface area contributed by atoms with E-state index in [1.54, 1.807) is 6.21 Å². The number of aliphatic hydroxyl groups is 4. The summed E-state index contributed by atoms with van der Waals surface area (Å²) in [6.45, 7) is -0.472. The minimum atomic E-state index is -1.42. The highest BCUT2D eigenvalue weighted by molar-refractivity contribution is 8.01. The Morgan fingerprint density at radius 3 is 2.50 bits per heavy atom. The highest BCUT2D eigenvalue weighted by Crippen LogP contribution is 2.36. The smallest absolute Gasteiger partial charge is 0.232 e. The Morgan fingerprint density at radius 2 is 1.86 bits per heavy atom. The second-order valence-electron chi connectivity index (χ2n) is 6.41. The molecule has 0 spiro atoms. The van der Waals surface area contributed by atoms with Crippen molar-refractivity contribution in [2.24, 2.45) is 4.99 Å². The van der Waals surface area contributed by atoms with Crippen LogP contribution in [0.3, 0.4) is 0 Å². The van der Waals surface area contributed by atoms with E-state index in [9.17, 15) is 20.4 Å². The molecular formula is C17H22N4O5S2. The maximum atomic E-state index is 10.1. The van der Waals surface area contributed by atoms with Crippen LogP contribution in [0.25, 0.3) is 0 Å². The van der Waals surface area contributed by atoms with Crippen molar-refractivity contribution >= 4 is 40.1 Å². The summed E-state index contributed by atoms with van der Waals surface area (Å²) in [5, 5.41) is 47.4. The fourth-order valence-corrected chi connectivity index (χ4v) is 4.47. The molecule has 9 nitrogen and oxygen atoms in total. The molecule has 2 heterocycles. The fourth-order valence-electron chi connectivity index (χ4n) is 2.55. The summed E-state index contributed by atoms with van der Waals surface area (Å²) in [5.74, 6) is 0. The summed E-state index contributed by atoms with van der Waals surface area (Å²) in [7, 11) is 3.94. The maximum Gasteiger partial charge on any atom is 0.232 e. The summed E-state index contributed by atoms with van der Waals surface area (Å²) in [4.78, 5) is 6.31. The zero-order valence-corrected chi connectivity index (χ0v) is 16.9. The quantitative estimate of drug-likeness (QED) is 0.480. The van der Waals surface area contributed by atoms with Crippen LogP contribution in [0.2, 0.25) is 0 Å². The van der Waals surface area contributed by atoms with Crippen LogP contribution in [0, 0.1) is 0 Å². The summed E-state index contributed by atoms with van der Waals surface area (Å²) >= 11 is 2.26. The van der Waals surface area contributed by atoms with Gasteiger partial charge >= 0.3 is 0 Å². The minimum Gasteiger partial charge on any atom is -0.394 e. The van der Waals surface area contributed by atoms with Gasteiger partial charge in [0.2, 0.25) is 5.13 Å². The van der Waals surface area contributed by atoms with Crippen molar-refractivity contribution in [1.29, 1.82) is 0 Å². The van der Waals surface area contributed by atoms with Crippen LogP contribution >= 0.6 is 23.1 Å². The van der Waals surface area contributed by atoms with Gasteiger partial charge in [0.25, 0.3) is 0 Å². The van der Waals surface area contributed by atoms with E-state index < -0.39 is 36.5 Å². The van der Waals surface area contributed by atoms with Gasteiger partial charge in [-0.2, -0.15) is 0 Å². The Bertz CT molecular complexity index is 799. The van der Waals surface area contributed by atoms with Crippen molar-refractivity contribution in [3.63, 3.8) is 0 Å². The average Bonchev–Trinajstić information content (AvgIpc) is 3.14. The molecule has 0 aliphatic carbocycles. The summed E-state index contributed by atoms with van der Waals surface area (Å²) in [6, 6.07) is 7.87. The highest BCUT2D eigenvalue weighted by Gasteiger charge is 2.44. The molecule has 1 aliphatic rings. The molecule has 3 rings (SSSR count). The van der Waals surface area contributed by atoms with E-state index in [0.717, 1.165) is 23.0 Å². The SMILES string of the molecule is CN(C)c1ccc(/C=N/c2nnc(S[C@@H]3O[C@H](CO)[C@@H](O)[C@H](O)[C@H]3O)s2)cc1. The van der Waals surface area contributed by atoms with Gasteiger partial charge in [-0.3, -0.25) is 0 Å². The molecule has 0 radical (unpaired) electrons. The lowest BCUT2D eigenvalue weighted by atomic mass is 10.0. The molecule has 5 atom stereocenters. The van der Waals surface area contributed by atoms with E-state index in [1.165, 1.54) is 11.3 Å². The highest BCUT2D eigenvalue weighted by atomic mass is 32.2. The van der Waals surface area contributed by atoms with Gasteiger partial charge in [0, 0.05) is 26.0 Å². The van der Waals surface area contributed by atoms with Gasteiger partial charge in [-0.25, -0.2) is 4.99 Å². The van der Waals surface area contributed by atoms with Crippen molar-refractivity contribution in [1.82, 2.24) is 10.2 Å². The number of benzene rings is 1. The zero-order chi connectivity index (χ0) is 20.3. The van der Waals surface area contributed by atoms with E-state index in [1.807, 2.05) is 43.3 Å². The molecule has 0 saturated carbocycles. The molecule has 2 aromatic rings. The number of anilines is 1. The standard InChI is InChI=1S/C17H22N4O5S2/c1-21(2)10-5-3-9(4-6-10)7-18-16-19-20-17(28-16)27-15-14(25)13(24)12(23)11(8-22)26-15/h3-7,11-15,22-25H,8H2,1-2H3/b18-7+/t11-,12-,13+,14-,15+/m1/s1. The van der Waals surface area contributed by atoms with Gasteiger partial charge in [0.15, 0.2) is 4.34 Å². The second-order valence-corrected chi connectivity index (χ2v) is 8.71. The lowest BCUT2D eigenvalue weighted by molar-refractivity contribution is -0.205. The van der Waals surface area contributed by atoms with Crippen LogP contribution in [0.15, 0.2) is 33.6 Å². The Kier molecular flexibility index (Phi) is 6.99. The van der Waals surface area contributed by atoms with Crippen LogP contribution in [-0.4, -0.2) is 87.4 Å². The Morgan fingerprint density at radius 1 is 1.14 bits per heavy atom. The molecule has 0 bridgehead atoms. The molecule has 1 fully saturated rings. The van der Waals surface area contributed by atoms with Crippen LogP contribution in [-0.2, 0) is 4.74 Å². The topological polar surface area (TPSA) is 132 Å². The average molecular weight is 427 g/mol. The number of aliphatic imine (C=N–C) groups is 1. The first kappa shape index (κ1) is 21.1. The first-order valence-electron chi connectivity index (χ1n) is 8.51. The van der Waals surface area contributed by atoms with Crippen molar-refractivity contribution in [2.75, 3.05) is 25.6 Å². The van der Waals surface area contributed by atoms with Crippen molar-refractivity contribution in [3.8, 4) is 0 Å². The fraction of sp³-hybridized carbons (Fsp3) is 0.471. The predicted molar refractivity (Wildman–Crippen MR) is 108 cm³/mol. The number of nitrogens with zero attached hydrogens (tertiary/aromatic N) is 4. The molecule has 1 aromatic carbocycles. The van der Waals surface area contributed by atoms with Gasteiger partial charge in [-0.1, -0.05) is 35.2 Å². The Labute approximate surface area is 170 Å². The van der Waals surface area contributed by atoms with Crippen molar-refractivity contribution in [3.05, 3.63) is 29.8 Å². The number of aliphatic hydroxyl groups excluding tert-OH is 4. The van der Waals surface area contributed by atoms with Gasteiger partial charge in [0.1, 0.15) is 29.9 Å². The maximum absolute atomic E-state index is 10.1. The van der Waals surface area contributed by atoms with Crippen LogP contribution < -0.4 is 4.90 Å². The summed E-state index contributed by atoms with van der Waals surface area (Å²) < 4.78 is 5.94.